The summed E-state index contributed by atoms with van der Waals surface area (Å²) in [7, 11) is 0. The maximum atomic E-state index is 11.6. The van der Waals surface area contributed by atoms with Gasteiger partial charge in [-0.05, 0) is 30.5 Å². The van der Waals surface area contributed by atoms with Crippen LogP contribution in [-0.2, 0) is 11.2 Å². The molecule has 6 heteroatoms. The molecule has 0 unspecified atom stereocenters. The summed E-state index contributed by atoms with van der Waals surface area (Å²) in [5.41, 5.74) is 0.978. The van der Waals surface area contributed by atoms with Gasteiger partial charge in [-0.25, -0.2) is 9.59 Å². The molecule has 0 aliphatic rings. The molecule has 0 aliphatic heterocycles. The quantitative estimate of drug-likeness (QED) is 0.608. The first-order valence-electron chi connectivity index (χ1n) is 6.58. The largest absolute Gasteiger partial charge is 0.508 e. The van der Waals surface area contributed by atoms with Crippen LogP contribution in [0.2, 0.25) is 0 Å². The number of hydrogen-bond acceptors (Lipinski definition) is 3. The second-order valence-electron chi connectivity index (χ2n) is 4.50. The van der Waals surface area contributed by atoms with E-state index < -0.39 is 18.0 Å². The number of phenols is 1. The van der Waals surface area contributed by atoms with Gasteiger partial charge in [0.1, 0.15) is 11.8 Å². The molecule has 110 valence electrons. The third-order valence-electron chi connectivity index (χ3n) is 2.82. The van der Waals surface area contributed by atoms with Gasteiger partial charge in [0.15, 0.2) is 0 Å². The zero-order chi connectivity index (χ0) is 15.0. The topological polar surface area (TPSA) is 98.7 Å². The molecule has 0 heterocycles. The van der Waals surface area contributed by atoms with E-state index in [1.54, 1.807) is 24.3 Å². The van der Waals surface area contributed by atoms with Gasteiger partial charge in [-0.2, -0.15) is 0 Å². The highest BCUT2D eigenvalue weighted by molar-refractivity contribution is 5.82. The van der Waals surface area contributed by atoms with Gasteiger partial charge in [-0.1, -0.05) is 25.5 Å². The van der Waals surface area contributed by atoms with Crippen LogP contribution in [0.15, 0.2) is 24.3 Å². The van der Waals surface area contributed by atoms with Gasteiger partial charge in [0, 0.05) is 6.54 Å². The third kappa shape index (κ3) is 5.60. The maximum Gasteiger partial charge on any atom is 0.326 e. The fourth-order valence-electron chi connectivity index (χ4n) is 1.74. The molecule has 1 aromatic rings. The molecule has 0 fully saturated rings. The molecule has 0 bridgehead atoms. The van der Waals surface area contributed by atoms with Crippen molar-refractivity contribution in [1.29, 1.82) is 0 Å². The van der Waals surface area contributed by atoms with Crippen LogP contribution in [-0.4, -0.2) is 34.8 Å². The van der Waals surface area contributed by atoms with E-state index >= 15 is 0 Å². The first kappa shape index (κ1) is 15.8. The first-order valence-corrected chi connectivity index (χ1v) is 6.58. The van der Waals surface area contributed by atoms with Crippen LogP contribution in [0.1, 0.15) is 25.3 Å². The van der Waals surface area contributed by atoms with Crippen LogP contribution in [0.25, 0.3) is 0 Å². The lowest BCUT2D eigenvalue weighted by Gasteiger charge is -2.14. The number of carbonyl (C=O) groups is 2. The lowest BCUT2D eigenvalue weighted by Crippen LogP contribution is -2.46. The molecule has 1 rings (SSSR count). The van der Waals surface area contributed by atoms with E-state index in [2.05, 4.69) is 10.6 Å². The van der Waals surface area contributed by atoms with Crippen molar-refractivity contribution in [3.63, 3.8) is 0 Å². The number of nitrogens with one attached hydrogen (secondary N) is 2. The maximum absolute atomic E-state index is 11.6. The second-order valence-corrected chi connectivity index (χ2v) is 4.50. The smallest absolute Gasteiger partial charge is 0.326 e. The van der Waals surface area contributed by atoms with Gasteiger partial charge in [-0.15, -0.1) is 0 Å². The number of rotatable bonds is 7. The van der Waals surface area contributed by atoms with Gasteiger partial charge in [0.05, 0.1) is 0 Å². The minimum absolute atomic E-state index is 0.198. The Labute approximate surface area is 117 Å². The average molecular weight is 280 g/mol. The highest BCUT2D eigenvalue weighted by Gasteiger charge is 2.18. The number of benzene rings is 1. The van der Waals surface area contributed by atoms with Crippen molar-refractivity contribution in [3.05, 3.63) is 29.8 Å². The molecule has 20 heavy (non-hydrogen) atoms. The molecular weight excluding hydrogens is 260 g/mol. The van der Waals surface area contributed by atoms with Crippen molar-refractivity contribution in [2.45, 2.75) is 32.2 Å². The number of aromatic hydroxyl groups is 1. The Morgan fingerprint density at radius 3 is 2.45 bits per heavy atom. The highest BCUT2D eigenvalue weighted by Crippen LogP contribution is 2.09. The summed E-state index contributed by atoms with van der Waals surface area (Å²) in [4.78, 5) is 22.4. The molecule has 2 amide bonds. The predicted molar refractivity (Wildman–Crippen MR) is 74.7 cm³/mol. The van der Waals surface area contributed by atoms with Crippen LogP contribution in [0.4, 0.5) is 4.79 Å². The van der Waals surface area contributed by atoms with Crippen LogP contribution in [0.3, 0.4) is 0 Å². The van der Waals surface area contributed by atoms with E-state index in [4.69, 9.17) is 10.2 Å². The van der Waals surface area contributed by atoms with Crippen molar-refractivity contribution in [3.8, 4) is 5.75 Å². The third-order valence-corrected chi connectivity index (χ3v) is 2.82. The minimum atomic E-state index is -1.03. The SMILES string of the molecule is CCC[C@H](NC(=O)NCCc1ccc(O)cc1)C(=O)O. The van der Waals surface area contributed by atoms with E-state index in [0.29, 0.717) is 25.8 Å². The van der Waals surface area contributed by atoms with Crippen LogP contribution in [0.5, 0.6) is 5.75 Å². The number of carboxylic acids is 1. The van der Waals surface area contributed by atoms with Crippen LogP contribution >= 0.6 is 0 Å². The number of aliphatic carboxylic acids is 1. The van der Waals surface area contributed by atoms with Gasteiger partial charge in [0.2, 0.25) is 0 Å². The van der Waals surface area contributed by atoms with Crippen LogP contribution in [0, 0.1) is 0 Å². The fourth-order valence-corrected chi connectivity index (χ4v) is 1.74. The number of amides is 2. The van der Waals surface area contributed by atoms with Crippen molar-refractivity contribution in [2.75, 3.05) is 6.54 Å². The number of urea groups is 1. The van der Waals surface area contributed by atoms with Gasteiger partial charge in [-0.3, -0.25) is 0 Å². The molecule has 0 saturated carbocycles. The van der Waals surface area contributed by atoms with Gasteiger partial charge < -0.3 is 20.8 Å². The summed E-state index contributed by atoms with van der Waals surface area (Å²) in [6, 6.07) is 5.37. The summed E-state index contributed by atoms with van der Waals surface area (Å²) >= 11 is 0. The van der Waals surface area contributed by atoms with Gasteiger partial charge >= 0.3 is 12.0 Å². The van der Waals surface area contributed by atoms with Crippen molar-refractivity contribution < 1.29 is 19.8 Å². The zero-order valence-electron chi connectivity index (χ0n) is 11.4. The number of hydrogen-bond donors (Lipinski definition) is 4. The van der Waals surface area contributed by atoms with E-state index in [1.807, 2.05) is 6.92 Å². The monoisotopic (exact) mass is 280 g/mol. The minimum Gasteiger partial charge on any atom is -0.508 e. The lowest BCUT2D eigenvalue weighted by atomic mass is 10.1. The van der Waals surface area contributed by atoms with E-state index in [0.717, 1.165) is 5.56 Å². The lowest BCUT2D eigenvalue weighted by molar-refractivity contribution is -0.139. The molecule has 1 atom stereocenters. The summed E-state index contributed by atoms with van der Waals surface area (Å²) in [6.07, 6.45) is 1.70. The summed E-state index contributed by atoms with van der Waals surface area (Å²) in [6.45, 7) is 2.26. The molecule has 4 N–H and O–H groups in total. The molecule has 0 aliphatic carbocycles. The zero-order valence-corrected chi connectivity index (χ0v) is 11.4. The number of carbonyl (C=O) groups excluding carboxylic acids is 1. The molecule has 0 radical (unpaired) electrons. The van der Waals surface area contributed by atoms with Gasteiger partial charge in [0.25, 0.3) is 0 Å². The van der Waals surface area contributed by atoms with E-state index in [-0.39, 0.29) is 5.75 Å². The number of phenolic OH excluding ortho intramolecular Hbond substituents is 1. The Kier molecular flexibility index (Phi) is 6.36. The summed E-state index contributed by atoms with van der Waals surface area (Å²) < 4.78 is 0. The van der Waals surface area contributed by atoms with Crippen molar-refractivity contribution in [2.24, 2.45) is 0 Å². The Hall–Kier alpha value is -2.24. The summed E-state index contributed by atoms with van der Waals surface area (Å²) in [5.74, 6) is -0.830. The molecule has 1 aromatic carbocycles. The Morgan fingerprint density at radius 2 is 1.90 bits per heavy atom. The van der Waals surface area contributed by atoms with E-state index in [1.165, 1.54) is 0 Å². The average Bonchev–Trinajstić information content (AvgIpc) is 2.40. The molecule has 0 saturated heterocycles. The Bertz CT molecular complexity index is 445. The fraction of sp³-hybridized carbons (Fsp3) is 0.429. The molecule has 0 aromatic heterocycles. The molecular formula is C14H20N2O4. The molecule has 0 spiro atoms. The normalized spacial score (nSPS) is 11.7. The predicted octanol–water partition coefficient (Wildman–Crippen LogP) is 1.49. The van der Waals surface area contributed by atoms with Crippen molar-refractivity contribution >= 4 is 12.0 Å². The van der Waals surface area contributed by atoms with E-state index in [9.17, 15) is 9.59 Å². The van der Waals surface area contributed by atoms with Crippen LogP contribution < -0.4 is 10.6 Å². The summed E-state index contributed by atoms with van der Waals surface area (Å²) in [5, 5.41) is 23.1. The van der Waals surface area contributed by atoms with Crippen molar-refractivity contribution in [1.82, 2.24) is 10.6 Å². The first-order chi connectivity index (χ1) is 9.52. The Morgan fingerprint density at radius 1 is 1.25 bits per heavy atom. The standard InChI is InChI=1S/C14H20N2O4/c1-2-3-12(13(18)19)16-14(20)15-9-8-10-4-6-11(17)7-5-10/h4-7,12,17H,2-3,8-9H2,1H3,(H,18,19)(H2,15,16,20)/t12-/m0/s1. The number of carboxylic acid groups (broad SMARTS) is 1. The highest BCUT2D eigenvalue weighted by atomic mass is 16.4. The Balaban J connectivity index is 2.32. The molecule has 6 nitrogen and oxygen atoms in total. The second kappa shape index (κ2) is 8.04.